The lowest BCUT2D eigenvalue weighted by atomic mass is 10.1. The average Bonchev–Trinajstić information content (AvgIpc) is 3.10. The number of hydrogen-bond donors (Lipinski definition) is 1. The van der Waals surface area contributed by atoms with Crippen LogP contribution in [0.25, 0.3) is 0 Å². The summed E-state index contributed by atoms with van der Waals surface area (Å²) >= 11 is 6.20. The van der Waals surface area contributed by atoms with Crippen LogP contribution in [0.5, 0.6) is 5.75 Å². The van der Waals surface area contributed by atoms with Gasteiger partial charge in [0.2, 0.25) is 0 Å². The van der Waals surface area contributed by atoms with Gasteiger partial charge in [0.05, 0.1) is 12.7 Å². The Morgan fingerprint density at radius 2 is 1.86 bits per heavy atom. The summed E-state index contributed by atoms with van der Waals surface area (Å²) in [6, 6.07) is 15.9. The van der Waals surface area contributed by atoms with Gasteiger partial charge in [0, 0.05) is 16.7 Å². The van der Waals surface area contributed by atoms with Gasteiger partial charge in [-0.05, 0) is 49.7 Å². The molecule has 7 heteroatoms. The molecule has 3 aromatic rings. The number of benzene rings is 2. The fraction of sp³-hybridized carbons (Fsp3) is 0.190. The number of nitrogens with zero attached hydrogens (tertiary/aromatic N) is 2. The summed E-state index contributed by atoms with van der Waals surface area (Å²) in [5.74, 6) is 0.727. The van der Waals surface area contributed by atoms with Crippen LogP contribution in [0, 0.1) is 0 Å². The first-order chi connectivity index (χ1) is 13.4. The number of hydrogen-bond acceptors (Lipinski definition) is 4. The number of nitrogens with one attached hydrogen (secondary N) is 1. The van der Waals surface area contributed by atoms with Crippen LogP contribution in [-0.2, 0) is 11.3 Å². The fourth-order valence-corrected chi connectivity index (χ4v) is 2.80. The second kappa shape index (κ2) is 8.71. The number of carbonyl (C=O) groups excluding carboxylic acids is 2. The first kappa shape index (κ1) is 19.6. The summed E-state index contributed by atoms with van der Waals surface area (Å²) in [6.45, 7) is 3.59. The lowest BCUT2D eigenvalue weighted by Gasteiger charge is -2.16. The smallest absolute Gasteiger partial charge is 0.266 e. The van der Waals surface area contributed by atoms with Crippen molar-refractivity contribution >= 4 is 29.1 Å². The van der Waals surface area contributed by atoms with E-state index >= 15 is 0 Å². The van der Waals surface area contributed by atoms with Crippen LogP contribution in [0.1, 0.15) is 29.8 Å². The predicted octanol–water partition coefficient (Wildman–Crippen LogP) is 4.19. The number of anilines is 1. The third-order valence-corrected chi connectivity index (χ3v) is 4.56. The Balaban J connectivity index is 1.64. The number of Topliss-reactive ketones (excluding diaryl/α,β-unsaturated/α-hetero) is 1. The quantitative estimate of drug-likeness (QED) is 0.606. The van der Waals surface area contributed by atoms with E-state index in [0.29, 0.717) is 28.7 Å². The topological polar surface area (TPSA) is 73.2 Å². The van der Waals surface area contributed by atoms with Gasteiger partial charge in [-0.3, -0.25) is 9.59 Å². The third kappa shape index (κ3) is 4.78. The van der Waals surface area contributed by atoms with Crippen molar-refractivity contribution in [1.82, 2.24) is 9.78 Å². The van der Waals surface area contributed by atoms with Crippen molar-refractivity contribution in [3.05, 3.63) is 76.9 Å². The molecule has 0 fully saturated rings. The maximum absolute atomic E-state index is 12.5. The molecule has 0 bridgehead atoms. The second-order valence-corrected chi connectivity index (χ2v) is 6.70. The van der Waals surface area contributed by atoms with E-state index in [4.69, 9.17) is 16.3 Å². The fourth-order valence-electron chi connectivity index (χ4n) is 2.61. The van der Waals surface area contributed by atoms with Crippen molar-refractivity contribution in [2.45, 2.75) is 26.5 Å². The summed E-state index contributed by atoms with van der Waals surface area (Å²) in [5.41, 5.74) is 1.49. The Bertz CT molecular complexity index is 983. The Labute approximate surface area is 168 Å². The van der Waals surface area contributed by atoms with Gasteiger partial charge in [-0.1, -0.05) is 29.8 Å². The first-order valence-electron chi connectivity index (χ1n) is 8.78. The molecule has 1 unspecified atom stereocenters. The Morgan fingerprint density at radius 1 is 1.14 bits per heavy atom. The zero-order chi connectivity index (χ0) is 20.1. The number of rotatable bonds is 7. The molecule has 0 saturated heterocycles. The van der Waals surface area contributed by atoms with Crippen molar-refractivity contribution in [3.63, 3.8) is 0 Å². The maximum Gasteiger partial charge on any atom is 0.266 e. The van der Waals surface area contributed by atoms with E-state index in [-0.39, 0.29) is 11.7 Å². The van der Waals surface area contributed by atoms with E-state index in [9.17, 15) is 9.59 Å². The third-order valence-electron chi connectivity index (χ3n) is 4.19. The zero-order valence-electron chi connectivity index (χ0n) is 15.6. The molecule has 3 rings (SSSR count). The molecule has 144 valence electrons. The summed E-state index contributed by atoms with van der Waals surface area (Å²) in [4.78, 5) is 23.8. The minimum absolute atomic E-state index is 0.0240. The number of carbonyl (C=O) groups is 2. The van der Waals surface area contributed by atoms with Gasteiger partial charge in [0.15, 0.2) is 11.9 Å². The lowest BCUT2D eigenvalue weighted by molar-refractivity contribution is -0.122. The molecule has 0 aliphatic heterocycles. The normalized spacial score (nSPS) is 11.7. The van der Waals surface area contributed by atoms with Gasteiger partial charge in [-0.15, -0.1) is 0 Å². The molecule has 1 atom stereocenters. The van der Waals surface area contributed by atoms with Gasteiger partial charge in [0.1, 0.15) is 11.6 Å². The summed E-state index contributed by atoms with van der Waals surface area (Å²) in [6.07, 6.45) is 0.880. The largest absolute Gasteiger partial charge is 0.481 e. The van der Waals surface area contributed by atoms with Crippen molar-refractivity contribution in [3.8, 4) is 5.75 Å². The van der Waals surface area contributed by atoms with E-state index in [0.717, 1.165) is 5.56 Å². The zero-order valence-corrected chi connectivity index (χ0v) is 16.3. The molecule has 1 N–H and O–H groups in total. The summed E-state index contributed by atoms with van der Waals surface area (Å²) in [7, 11) is 0. The maximum atomic E-state index is 12.5. The highest BCUT2D eigenvalue weighted by molar-refractivity contribution is 6.31. The van der Waals surface area contributed by atoms with E-state index in [1.165, 1.54) is 6.92 Å². The highest BCUT2D eigenvalue weighted by atomic mass is 35.5. The van der Waals surface area contributed by atoms with Crippen molar-refractivity contribution < 1.29 is 14.3 Å². The standard InChI is InChI=1S/C21H20ClN3O3/c1-14(26)16-7-9-18(10-8-16)28-15(2)21(27)24-20-11-12-23-25(20)13-17-5-3-4-6-19(17)22/h3-12,15H,13H2,1-2H3,(H,24,27). The molecule has 6 nitrogen and oxygen atoms in total. The molecule has 2 aromatic carbocycles. The molecular formula is C21H20ClN3O3. The van der Waals surface area contributed by atoms with Gasteiger partial charge in [-0.25, -0.2) is 4.68 Å². The SMILES string of the molecule is CC(=O)c1ccc(OC(C)C(=O)Nc2ccnn2Cc2ccccc2Cl)cc1. The molecule has 0 saturated carbocycles. The average molecular weight is 398 g/mol. The number of aromatic nitrogens is 2. The number of ether oxygens (including phenoxy) is 1. The van der Waals surface area contributed by atoms with Crippen molar-refractivity contribution in [2.24, 2.45) is 0 Å². The van der Waals surface area contributed by atoms with Crippen LogP contribution in [-0.4, -0.2) is 27.6 Å². The minimum atomic E-state index is -0.730. The Morgan fingerprint density at radius 3 is 2.54 bits per heavy atom. The summed E-state index contributed by atoms with van der Waals surface area (Å²) < 4.78 is 7.32. The monoisotopic (exact) mass is 397 g/mol. The first-order valence-corrected chi connectivity index (χ1v) is 9.15. The van der Waals surface area contributed by atoms with Gasteiger partial charge in [-0.2, -0.15) is 5.10 Å². The van der Waals surface area contributed by atoms with E-state index < -0.39 is 6.10 Å². The van der Waals surface area contributed by atoms with E-state index in [1.54, 1.807) is 48.1 Å². The molecule has 28 heavy (non-hydrogen) atoms. The Hall–Kier alpha value is -3.12. The highest BCUT2D eigenvalue weighted by Gasteiger charge is 2.17. The van der Waals surface area contributed by atoms with Crippen molar-refractivity contribution in [1.29, 1.82) is 0 Å². The van der Waals surface area contributed by atoms with E-state index in [2.05, 4.69) is 10.4 Å². The van der Waals surface area contributed by atoms with Gasteiger partial charge in [0.25, 0.3) is 5.91 Å². The van der Waals surface area contributed by atoms with Gasteiger partial charge < -0.3 is 10.1 Å². The highest BCUT2D eigenvalue weighted by Crippen LogP contribution is 2.19. The lowest BCUT2D eigenvalue weighted by Crippen LogP contribution is -2.31. The predicted molar refractivity (Wildman–Crippen MR) is 108 cm³/mol. The van der Waals surface area contributed by atoms with Crippen LogP contribution in [0.4, 0.5) is 5.82 Å². The van der Waals surface area contributed by atoms with Crippen molar-refractivity contribution in [2.75, 3.05) is 5.32 Å². The number of halogens is 1. The van der Waals surface area contributed by atoms with E-state index in [1.807, 2.05) is 24.3 Å². The molecule has 0 radical (unpaired) electrons. The number of amides is 1. The van der Waals surface area contributed by atoms with Gasteiger partial charge >= 0.3 is 0 Å². The number of ketones is 1. The molecule has 1 heterocycles. The van der Waals surface area contributed by atoms with Crippen LogP contribution >= 0.6 is 11.6 Å². The molecule has 0 spiro atoms. The Kier molecular flexibility index (Phi) is 6.11. The molecule has 0 aliphatic carbocycles. The van der Waals surface area contributed by atoms with Crippen LogP contribution in [0.3, 0.4) is 0 Å². The molecule has 0 aliphatic rings. The molecular weight excluding hydrogens is 378 g/mol. The van der Waals surface area contributed by atoms with Crippen LogP contribution in [0.2, 0.25) is 5.02 Å². The second-order valence-electron chi connectivity index (χ2n) is 6.30. The van der Waals surface area contributed by atoms with Crippen LogP contribution < -0.4 is 10.1 Å². The minimum Gasteiger partial charge on any atom is -0.481 e. The molecule has 1 amide bonds. The molecule has 1 aromatic heterocycles. The summed E-state index contributed by atoms with van der Waals surface area (Å²) in [5, 5.41) is 7.70. The van der Waals surface area contributed by atoms with Crippen LogP contribution in [0.15, 0.2) is 60.8 Å².